The summed E-state index contributed by atoms with van der Waals surface area (Å²) in [4.78, 5) is 11.8. The third-order valence-corrected chi connectivity index (χ3v) is 4.68. The zero-order valence-electron chi connectivity index (χ0n) is 8.13. The van der Waals surface area contributed by atoms with Crippen molar-refractivity contribution in [1.29, 1.82) is 0 Å². The van der Waals surface area contributed by atoms with Crippen LogP contribution in [0, 0.1) is 5.92 Å². The molecule has 1 saturated carbocycles. The average molecular weight is 198 g/mol. The van der Waals surface area contributed by atoms with Gasteiger partial charge >= 0.3 is 0 Å². The topological polar surface area (TPSA) is 17.1 Å². The van der Waals surface area contributed by atoms with Crippen LogP contribution in [0.25, 0.3) is 0 Å². The molecule has 2 fully saturated rings. The number of hydrogen-bond acceptors (Lipinski definition) is 2. The minimum absolute atomic E-state index is 0.370. The Labute approximate surface area is 84.7 Å². The molecule has 1 aliphatic heterocycles. The number of carbonyl (C=O) groups excluding carboxylic acids is 1. The second-order valence-electron chi connectivity index (χ2n) is 4.32. The molecule has 0 aromatic rings. The van der Waals surface area contributed by atoms with Crippen LogP contribution in [0.5, 0.6) is 0 Å². The predicted molar refractivity (Wildman–Crippen MR) is 57.1 cm³/mol. The van der Waals surface area contributed by atoms with Crippen molar-refractivity contribution >= 4 is 17.5 Å². The Morgan fingerprint density at radius 3 is 2.54 bits per heavy atom. The Balaban J connectivity index is 1.74. The van der Waals surface area contributed by atoms with Gasteiger partial charge < -0.3 is 0 Å². The number of ketones is 1. The largest absolute Gasteiger partial charge is 0.298 e. The fourth-order valence-electron chi connectivity index (χ4n) is 2.11. The second kappa shape index (κ2) is 4.50. The Bertz CT molecular complexity index is 181. The summed E-state index contributed by atoms with van der Waals surface area (Å²) in [7, 11) is 0. The minimum Gasteiger partial charge on any atom is -0.298 e. The lowest BCUT2D eigenvalue weighted by molar-refractivity contribution is -0.120. The molecular weight excluding hydrogens is 180 g/mol. The van der Waals surface area contributed by atoms with E-state index in [1.165, 1.54) is 37.9 Å². The number of Topliss-reactive ketones (excluding diaryl/α,β-unsaturated/α-hetero) is 1. The summed E-state index contributed by atoms with van der Waals surface area (Å²) in [5.74, 6) is 2.52. The van der Waals surface area contributed by atoms with Crippen molar-refractivity contribution in [2.45, 2.75) is 50.2 Å². The van der Waals surface area contributed by atoms with E-state index in [4.69, 9.17) is 0 Å². The molecule has 0 spiro atoms. The van der Waals surface area contributed by atoms with E-state index in [1.807, 2.05) is 11.8 Å². The fraction of sp³-hybridized carbons (Fsp3) is 0.909. The van der Waals surface area contributed by atoms with Crippen molar-refractivity contribution in [3.05, 3.63) is 0 Å². The number of hydrogen-bond donors (Lipinski definition) is 0. The highest BCUT2D eigenvalue weighted by molar-refractivity contribution is 8.00. The molecule has 1 heterocycles. The lowest BCUT2D eigenvalue weighted by atomic mass is 9.81. The molecule has 0 N–H and O–H groups in total. The first kappa shape index (κ1) is 9.57. The highest BCUT2D eigenvalue weighted by atomic mass is 32.2. The van der Waals surface area contributed by atoms with Crippen molar-refractivity contribution in [2.75, 3.05) is 5.75 Å². The molecule has 1 aliphatic carbocycles. The smallest absolute Gasteiger partial charge is 0.146 e. The van der Waals surface area contributed by atoms with Gasteiger partial charge in [0.05, 0.1) is 5.25 Å². The van der Waals surface area contributed by atoms with Gasteiger partial charge in [0.15, 0.2) is 0 Å². The van der Waals surface area contributed by atoms with Crippen LogP contribution in [0.1, 0.15) is 44.9 Å². The van der Waals surface area contributed by atoms with E-state index in [2.05, 4.69) is 0 Å². The first-order chi connectivity index (χ1) is 6.36. The summed E-state index contributed by atoms with van der Waals surface area (Å²) in [6, 6.07) is 0. The zero-order chi connectivity index (χ0) is 9.10. The Hall–Kier alpha value is 0.0200. The molecule has 74 valence electrons. The lowest BCUT2D eigenvalue weighted by Crippen LogP contribution is -2.25. The summed E-state index contributed by atoms with van der Waals surface area (Å²) >= 11 is 1.90. The lowest BCUT2D eigenvalue weighted by Gasteiger charge is -2.27. The highest BCUT2D eigenvalue weighted by Gasteiger charge is 2.26. The van der Waals surface area contributed by atoms with Crippen LogP contribution in [-0.2, 0) is 4.79 Å². The van der Waals surface area contributed by atoms with Crippen LogP contribution in [0.3, 0.4) is 0 Å². The molecule has 0 radical (unpaired) electrons. The summed E-state index contributed by atoms with van der Waals surface area (Å²) in [5, 5.41) is 0.370. The quantitative estimate of drug-likeness (QED) is 0.693. The molecule has 0 aromatic carbocycles. The Morgan fingerprint density at radius 1 is 1.15 bits per heavy atom. The van der Waals surface area contributed by atoms with Crippen LogP contribution < -0.4 is 0 Å². The minimum atomic E-state index is 0.370. The van der Waals surface area contributed by atoms with Crippen LogP contribution in [0.4, 0.5) is 0 Å². The van der Waals surface area contributed by atoms with E-state index in [-0.39, 0.29) is 0 Å². The molecule has 1 saturated heterocycles. The molecule has 1 atom stereocenters. The molecule has 0 bridgehead atoms. The first-order valence-corrected chi connectivity index (χ1v) is 6.55. The molecule has 0 aromatic heterocycles. The number of thioether (sulfide) groups is 1. The SMILES string of the molecule is O=C(CC1CCC1)C1CCCCS1. The van der Waals surface area contributed by atoms with E-state index < -0.39 is 0 Å². The maximum Gasteiger partial charge on any atom is 0.146 e. The number of carbonyl (C=O) groups is 1. The van der Waals surface area contributed by atoms with Gasteiger partial charge in [-0.15, -0.1) is 0 Å². The van der Waals surface area contributed by atoms with Gasteiger partial charge in [0, 0.05) is 6.42 Å². The molecule has 2 heteroatoms. The van der Waals surface area contributed by atoms with E-state index in [9.17, 15) is 4.79 Å². The van der Waals surface area contributed by atoms with Gasteiger partial charge in [0.2, 0.25) is 0 Å². The molecule has 1 nitrogen and oxygen atoms in total. The molecule has 13 heavy (non-hydrogen) atoms. The van der Waals surface area contributed by atoms with Crippen molar-refractivity contribution in [3.63, 3.8) is 0 Å². The van der Waals surface area contributed by atoms with Gasteiger partial charge in [-0.3, -0.25) is 4.79 Å². The van der Waals surface area contributed by atoms with Crippen molar-refractivity contribution in [3.8, 4) is 0 Å². The monoisotopic (exact) mass is 198 g/mol. The Morgan fingerprint density at radius 2 is 2.00 bits per heavy atom. The van der Waals surface area contributed by atoms with Crippen molar-refractivity contribution in [1.82, 2.24) is 0 Å². The van der Waals surface area contributed by atoms with E-state index >= 15 is 0 Å². The van der Waals surface area contributed by atoms with Crippen LogP contribution >= 0.6 is 11.8 Å². The summed E-state index contributed by atoms with van der Waals surface area (Å²) in [6.07, 6.45) is 8.60. The van der Waals surface area contributed by atoms with Crippen molar-refractivity contribution < 1.29 is 4.79 Å². The normalized spacial score (nSPS) is 29.7. The zero-order valence-corrected chi connectivity index (χ0v) is 8.94. The maximum absolute atomic E-state index is 11.8. The summed E-state index contributed by atoms with van der Waals surface area (Å²) in [5.41, 5.74) is 0. The molecule has 2 rings (SSSR count). The van der Waals surface area contributed by atoms with Gasteiger partial charge in [-0.1, -0.05) is 25.7 Å². The molecule has 0 amide bonds. The average Bonchev–Trinajstić information content (AvgIpc) is 2.12. The van der Waals surface area contributed by atoms with Crippen LogP contribution in [0.2, 0.25) is 0 Å². The van der Waals surface area contributed by atoms with Gasteiger partial charge in [-0.25, -0.2) is 0 Å². The van der Waals surface area contributed by atoms with Crippen molar-refractivity contribution in [2.24, 2.45) is 5.92 Å². The third-order valence-electron chi connectivity index (χ3n) is 3.25. The van der Waals surface area contributed by atoms with Gasteiger partial charge in [-0.05, 0) is 24.5 Å². The Kier molecular flexibility index (Phi) is 3.31. The molecular formula is C11H18OS. The van der Waals surface area contributed by atoms with Gasteiger partial charge in [0.1, 0.15) is 5.78 Å². The third kappa shape index (κ3) is 2.49. The first-order valence-electron chi connectivity index (χ1n) is 5.50. The molecule has 1 unspecified atom stereocenters. The van der Waals surface area contributed by atoms with Gasteiger partial charge in [0.25, 0.3) is 0 Å². The summed E-state index contributed by atoms with van der Waals surface area (Å²) < 4.78 is 0. The van der Waals surface area contributed by atoms with E-state index in [0.717, 1.165) is 18.8 Å². The van der Waals surface area contributed by atoms with E-state index in [1.54, 1.807) is 0 Å². The number of rotatable bonds is 3. The predicted octanol–water partition coefficient (Wildman–Crippen LogP) is 3.03. The summed E-state index contributed by atoms with van der Waals surface area (Å²) in [6.45, 7) is 0. The van der Waals surface area contributed by atoms with Crippen LogP contribution in [-0.4, -0.2) is 16.8 Å². The highest BCUT2D eigenvalue weighted by Crippen LogP contribution is 2.33. The second-order valence-corrected chi connectivity index (χ2v) is 5.63. The standard InChI is InChI=1S/C11H18OS/c12-10(8-9-4-3-5-9)11-6-1-2-7-13-11/h9,11H,1-8H2. The van der Waals surface area contributed by atoms with E-state index in [0.29, 0.717) is 11.0 Å². The van der Waals surface area contributed by atoms with Crippen LogP contribution in [0.15, 0.2) is 0 Å². The van der Waals surface area contributed by atoms with Gasteiger partial charge in [-0.2, -0.15) is 11.8 Å². The maximum atomic E-state index is 11.8. The fourth-order valence-corrected chi connectivity index (χ4v) is 3.38. The molecule has 2 aliphatic rings.